The Balaban J connectivity index is 1.58. The SMILES string of the molecule is CCN1CCc2c(c(CN(C3CC3)S(=O)(=O)c3ccccc3C#N)nn2-c2cccc(F)c2)C1. The molecule has 2 aliphatic rings. The predicted octanol–water partition coefficient (Wildman–Crippen LogP) is 3.61. The number of benzene rings is 2. The van der Waals surface area contributed by atoms with E-state index in [2.05, 4.69) is 11.8 Å². The molecule has 176 valence electrons. The number of sulfonamides is 1. The van der Waals surface area contributed by atoms with Gasteiger partial charge in [0.05, 0.1) is 34.1 Å². The highest BCUT2D eigenvalue weighted by Gasteiger charge is 2.40. The lowest BCUT2D eigenvalue weighted by atomic mass is 10.0. The molecule has 0 unspecified atom stereocenters. The molecule has 1 fully saturated rings. The van der Waals surface area contributed by atoms with Crippen molar-refractivity contribution in [2.75, 3.05) is 13.1 Å². The molecule has 9 heteroatoms. The molecule has 0 radical (unpaired) electrons. The van der Waals surface area contributed by atoms with Gasteiger partial charge in [-0.1, -0.05) is 25.1 Å². The van der Waals surface area contributed by atoms with E-state index in [1.807, 2.05) is 12.1 Å². The van der Waals surface area contributed by atoms with Crippen molar-refractivity contribution in [3.63, 3.8) is 0 Å². The molecule has 0 N–H and O–H groups in total. The standard InChI is InChI=1S/C25H26FN5O2S/c1-2-29-13-12-24-22(16-29)23(28-31(24)21-8-5-7-19(26)14-21)17-30(20-10-11-20)34(32,33)25-9-4-3-6-18(25)15-27/h3-9,14,20H,2,10-13,16-17H2,1H3. The van der Waals surface area contributed by atoms with Gasteiger partial charge in [-0.3, -0.25) is 4.90 Å². The molecule has 2 aromatic carbocycles. The fourth-order valence-corrected chi connectivity index (χ4v) is 6.38. The number of halogens is 1. The molecule has 0 bridgehead atoms. The molecule has 34 heavy (non-hydrogen) atoms. The van der Waals surface area contributed by atoms with Crippen LogP contribution >= 0.6 is 0 Å². The normalized spacial score (nSPS) is 16.4. The summed E-state index contributed by atoms with van der Waals surface area (Å²) in [4.78, 5) is 2.32. The Morgan fingerprint density at radius 3 is 2.71 bits per heavy atom. The maximum absolute atomic E-state index is 14.0. The summed E-state index contributed by atoms with van der Waals surface area (Å²) < 4.78 is 44.6. The fourth-order valence-electron chi connectivity index (χ4n) is 4.59. The second-order valence-electron chi connectivity index (χ2n) is 8.77. The summed E-state index contributed by atoms with van der Waals surface area (Å²) in [6.07, 6.45) is 2.31. The number of fused-ring (bicyclic) bond motifs is 1. The summed E-state index contributed by atoms with van der Waals surface area (Å²) in [6, 6.07) is 14.5. The van der Waals surface area contributed by atoms with E-state index in [0.29, 0.717) is 17.9 Å². The summed E-state index contributed by atoms with van der Waals surface area (Å²) in [5.41, 5.74) is 3.45. The van der Waals surface area contributed by atoms with E-state index >= 15 is 0 Å². The summed E-state index contributed by atoms with van der Waals surface area (Å²) in [6.45, 7) is 4.63. The second-order valence-corrected chi connectivity index (χ2v) is 10.6. The Bertz CT molecular complexity index is 1370. The first-order valence-corrected chi connectivity index (χ1v) is 12.9. The van der Waals surface area contributed by atoms with E-state index in [4.69, 9.17) is 5.10 Å². The Morgan fingerprint density at radius 2 is 2.00 bits per heavy atom. The van der Waals surface area contributed by atoms with Gasteiger partial charge < -0.3 is 0 Å². The van der Waals surface area contributed by atoms with E-state index in [1.165, 1.54) is 28.6 Å². The zero-order chi connectivity index (χ0) is 23.9. The van der Waals surface area contributed by atoms with Crippen LogP contribution in [0.15, 0.2) is 53.4 Å². The van der Waals surface area contributed by atoms with Crippen molar-refractivity contribution in [1.29, 1.82) is 5.26 Å². The number of hydrogen-bond donors (Lipinski definition) is 0. The van der Waals surface area contributed by atoms with E-state index in [0.717, 1.165) is 43.6 Å². The van der Waals surface area contributed by atoms with E-state index in [9.17, 15) is 18.1 Å². The number of likely N-dealkylation sites (N-methyl/N-ethyl adjacent to an activating group) is 1. The summed E-state index contributed by atoms with van der Waals surface area (Å²) in [5, 5.41) is 14.3. The van der Waals surface area contributed by atoms with E-state index in [1.54, 1.807) is 22.9 Å². The van der Waals surface area contributed by atoms with Crippen LogP contribution in [-0.4, -0.2) is 46.5 Å². The van der Waals surface area contributed by atoms with Crippen molar-refractivity contribution in [1.82, 2.24) is 19.0 Å². The van der Waals surface area contributed by atoms with Crippen molar-refractivity contribution < 1.29 is 12.8 Å². The minimum Gasteiger partial charge on any atom is -0.299 e. The van der Waals surface area contributed by atoms with Crippen LogP contribution in [0.4, 0.5) is 4.39 Å². The van der Waals surface area contributed by atoms with Gasteiger partial charge in [-0.2, -0.15) is 14.7 Å². The van der Waals surface area contributed by atoms with Crippen LogP contribution in [0.25, 0.3) is 5.69 Å². The van der Waals surface area contributed by atoms with Crippen molar-refractivity contribution in [2.24, 2.45) is 0 Å². The van der Waals surface area contributed by atoms with Gasteiger partial charge in [-0.15, -0.1) is 0 Å². The average molecular weight is 480 g/mol. The van der Waals surface area contributed by atoms with Gasteiger partial charge in [0.1, 0.15) is 11.9 Å². The van der Waals surface area contributed by atoms with Gasteiger partial charge in [0.2, 0.25) is 10.0 Å². The molecule has 1 aliphatic carbocycles. The molecule has 0 spiro atoms. The lowest BCUT2D eigenvalue weighted by Gasteiger charge is -2.27. The molecule has 1 saturated carbocycles. The number of nitriles is 1. The van der Waals surface area contributed by atoms with Gasteiger partial charge in [0.15, 0.2) is 0 Å². The summed E-state index contributed by atoms with van der Waals surface area (Å²) in [5.74, 6) is -0.343. The molecule has 0 atom stereocenters. The quantitative estimate of drug-likeness (QED) is 0.517. The highest BCUT2D eigenvalue weighted by molar-refractivity contribution is 7.89. The zero-order valence-electron chi connectivity index (χ0n) is 19.0. The topological polar surface area (TPSA) is 82.2 Å². The Hall–Kier alpha value is -3.06. The van der Waals surface area contributed by atoms with Gasteiger partial charge in [-0.05, 0) is 49.7 Å². The van der Waals surface area contributed by atoms with Gasteiger partial charge in [-0.25, -0.2) is 17.5 Å². The summed E-state index contributed by atoms with van der Waals surface area (Å²) in [7, 11) is -3.90. The molecule has 5 rings (SSSR count). The number of aromatic nitrogens is 2. The van der Waals surface area contributed by atoms with Crippen molar-refractivity contribution in [3.8, 4) is 11.8 Å². The van der Waals surface area contributed by atoms with E-state index < -0.39 is 10.0 Å². The molecular weight excluding hydrogens is 453 g/mol. The van der Waals surface area contributed by atoms with Gasteiger partial charge in [0, 0.05) is 31.1 Å². The van der Waals surface area contributed by atoms with Crippen molar-refractivity contribution >= 4 is 10.0 Å². The first kappa shape index (κ1) is 22.7. The average Bonchev–Trinajstić information content (AvgIpc) is 3.63. The summed E-state index contributed by atoms with van der Waals surface area (Å²) >= 11 is 0. The van der Waals surface area contributed by atoms with Crippen LogP contribution in [0, 0.1) is 17.1 Å². The van der Waals surface area contributed by atoms with Gasteiger partial charge >= 0.3 is 0 Å². The van der Waals surface area contributed by atoms with Crippen LogP contribution in [0.3, 0.4) is 0 Å². The number of nitrogens with zero attached hydrogens (tertiary/aromatic N) is 5. The second kappa shape index (κ2) is 8.95. The van der Waals surface area contributed by atoms with Crippen molar-refractivity contribution in [3.05, 3.63) is 76.9 Å². The Kier molecular flexibility index (Phi) is 5.98. The third-order valence-corrected chi connectivity index (χ3v) is 8.53. The first-order chi connectivity index (χ1) is 16.4. The van der Waals surface area contributed by atoms with Crippen LogP contribution in [-0.2, 0) is 29.5 Å². The molecule has 2 heterocycles. The molecule has 0 amide bonds. The van der Waals surface area contributed by atoms with Crippen LogP contribution in [0.2, 0.25) is 0 Å². The first-order valence-electron chi connectivity index (χ1n) is 11.5. The minimum atomic E-state index is -3.90. The molecule has 1 aliphatic heterocycles. The molecule has 1 aromatic heterocycles. The number of rotatable bonds is 7. The maximum Gasteiger partial charge on any atom is 0.245 e. The van der Waals surface area contributed by atoms with Gasteiger partial charge in [0.25, 0.3) is 0 Å². The van der Waals surface area contributed by atoms with Crippen molar-refractivity contribution in [2.45, 2.75) is 50.2 Å². The lowest BCUT2D eigenvalue weighted by Crippen LogP contribution is -2.35. The highest BCUT2D eigenvalue weighted by atomic mass is 32.2. The predicted molar refractivity (Wildman–Crippen MR) is 125 cm³/mol. The molecular formula is C25H26FN5O2S. The lowest BCUT2D eigenvalue weighted by molar-refractivity contribution is 0.264. The minimum absolute atomic E-state index is 0.0259. The van der Waals surface area contributed by atoms with Crippen LogP contribution in [0.1, 0.15) is 42.3 Å². The largest absolute Gasteiger partial charge is 0.299 e. The number of hydrogen-bond acceptors (Lipinski definition) is 5. The van der Waals surface area contributed by atoms with Crippen LogP contribution < -0.4 is 0 Å². The highest BCUT2D eigenvalue weighted by Crippen LogP contribution is 2.36. The third kappa shape index (κ3) is 4.13. The Labute approximate surface area is 199 Å². The third-order valence-electron chi connectivity index (χ3n) is 6.57. The van der Waals surface area contributed by atoms with Crippen LogP contribution in [0.5, 0.6) is 0 Å². The smallest absolute Gasteiger partial charge is 0.245 e. The molecule has 3 aromatic rings. The Morgan fingerprint density at radius 1 is 1.21 bits per heavy atom. The fraction of sp³-hybridized carbons (Fsp3) is 0.360. The molecule has 7 nitrogen and oxygen atoms in total. The molecule has 0 saturated heterocycles. The monoisotopic (exact) mass is 479 g/mol. The van der Waals surface area contributed by atoms with E-state index in [-0.39, 0.29) is 28.9 Å². The zero-order valence-corrected chi connectivity index (χ0v) is 19.8. The maximum atomic E-state index is 14.0.